The number of aromatic nitrogens is 2. The molecule has 0 saturated heterocycles. The van der Waals surface area contributed by atoms with Crippen LogP contribution in [0.15, 0.2) is 66.0 Å². The maximum Gasteiger partial charge on any atom is 0.188 e. The first-order valence-electron chi connectivity index (χ1n) is 10.0. The van der Waals surface area contributed by atoms with Gasteiger partial charge in [0.05, 0.1) is 6.33 Å². The molecule has 0 saturated carbocycles. The van der Waals surface area contributed by atoms with Gasteiger partial charge in [-0.3, -0.25) is 4.99 Å². The Hall–Kier alpha value is -2.49. The number of benzene rings is 2. The van der Waals surface area contributed by atoms with Crippen molar-refractivity contribution in [1.82, 2.24) is 15.3 Å². The zero-order valence-electron chi connectivity index (χ0n) is 17.4. The fourth-order valence-corrected chi connectivity index (χ4v) is 3.48. The first-order valence-corrected chi connectivity index (χ1v) is 10.0. The van der Waals surface area contributed by atoms with Gasteiger partial charge in [-0.1, -0.05) is 31.2 Å². The second kappa shape index (κ2) is 11.8. The van der Waals surface area contributed by atoms with Crippen LogP contribution in [0.1, 0.15) is 36.6 Å². The van der Waals surface area contributed by atoms with E-state index in [0.717, 1.165) is 29.7 Å². The topological polar surface area (TPSA) is 79.1 Å². The number of rotatable bonds is 9. The highest BCUT2D eigenvalue weighted by atomic mass is 127. The zero-order valence-corrected chi connectivity index (χ0v) is 19.8. The van der Waals surface area contributed by atoms with Crippen LogP contribution in [0.4, 0.5) is 8.78 Å². The molecule has 0 bridgehead atoms. The number of aromatic amines is 1. The summed E-state index contributed by atoms with van der Waals surface area (Å²) in [7, 11) is 0. The van der Waals surface area contributed by atoms with Crippen LogP contribution < -0.4 is 11.1 Å². The van der Waals surface area contributed by atoms with Crippen molar-refractivity contribution in [2.24, 2.45) is 10.7 Å². The number of nitrogens with one attached hydrogen (secondary N) is 2. The number of nitrogens with zero attached hydrogens (tertiary/aromatic N) is 2. The van der Waals surface area contributed by atoms with Crippen molar-refractivity contribution < 1.29 is 8.78 Å². The van der Waals surface area contributed by atoms with Crippen molar-refractivity contribution in [2.45, 2.75) is 31.6 Å². The molecule has 0 fully saturated rings. The number of guanidine groups is 1. The predicted octanol–water partition coefficient (Wildman–Crippen LogP) is 4.54. The molecule has 0 unspecified atom stereocenters. The van der Waals surface area contributed by atoms with Gasteiger partial charge < -0.3 is 16.0 Å². The number of aliphatic imine (C=N–C) groups is 1. The SMILES string of the molecule is CC(CCNC(N)=NCCCc1cnc[nH]1)(c1ccc(F)cc1)c1ccc(F)cc1.I. The van der Waals surface area contributed by atoms with Gasteiger partial charge in [0, 0.05) is 30.4 Å². The number of halogens is 3. The smallest absolute Gasteiger partial charge is 0.188 e. The summed E-state index contributed by atoms with van der Waals surface area (Å²) < 4.78 is 26.9. The fourth-order valence-electron chi connectivity index (χ4n) is 3.48. The third-order valence-electron chi connectivity index (χ3n) is 5.34. The van der Waals surface area contributed by atoms with Crippen LogP contribution in [0.2, 0.25) is 0 Å². The van der Waals surface area contributed by atoms with Crippen molar-refractivity contribution in [3.8, 4) is 0 Å². The molecule has 166 valence electrons. The van der Waals surface area contributed by atoms with Crippen LogP contribution in [0.5, 0.6) is 0 Å². The molecule has 3 rings (SSSR count). The van der Waals surface area contributed by atoms with E-state index in [1.807, 2.05) is 0 Å². The van der Waals surface area contributed by atoms with Crippen LogP contribution in [-0.2, 0) is 11.8 Å². The molecule has 0 spiro atoms. The normalized spacial score (nSPS) is 11.8. The lowest BCUT2D eigenvalue weighted by molar-refractivity contribution is 0.511. The molecule has 0 radical (unpaired) electrons. The highest BCUT2D eigenvalue weighted by Gasteiger charge is 2.28. The summed E-state index contributed by atoms with van der Waals surface area (Å²) in [6, 6.07) is 12.9. The van der Waals surface area contributed by atoms with Gasteiger partial charge in [0.25, 0.3) is 0 Å². The Labute approximate surface area is 198 Å². The molecule has 2 aromatic carbocycles. The third-order valence-corrected chi connectivity index (χ3v) is 5.34. The van der Waals surface area contributed by atoms with Crippen molar-refractivity contribution >= 4 is 29.9 Å². The van der Waals surface area contributed by atoms with Crippen molar-refractivity contribution in [2.75, 3.05) is 13.1 Å². The third kappa shape index (κ3) is 7.02. The van der Waals surface area contributed by atoms with Gasteiger partial charge in [-0.05, 0) is 54.7 Å². The molecule has 31 heavy (non-hydrogen) atoms. The van der Waals surface area contributed by atoms with E-state index < -0.39 is 5.41 Å². The second-order valence-corrected chi connectivity index (χ2v) is 7.47. The molecule has 3 aromatic rings. The van der Waals surface area contributed by atoms with Gasteiger partial charge in [0.1, 0.15) is 11.6 Å². The number of nitrogens with two attached hydrogens (primary N) is 1. The molecular weight excluding hydrogens is 511 g/mol. The van der Waals surface area contributed by atoms with Crippen molar-refractivity contribution in [1.29, 1.82) is 0 Å². The largest absolute Gasteiger partial charge is 0.370 e. The van der Waals surface area contributed by atoms with Crippen LogP contribution in [0.25, 0.3) is 0 Å². The molecule has 1 heterocycles. The zero-order chi connectivity index (χ0) is 21.4. The number of H-pyrrole nitrogens is 1. The minimum atomic E-state index is -0.435. The quantitative estimate of drug-likeness (QED) is 0.162. The van der Waals surface area contributed by atoms with E-state index in [-0.39, 0.29) is 35.6 Å². The van der Waals surface area contributed by atoms with E-state index >= 15 is 0 Å². The van der Waals surface area contributed by atoms with E-state index in [1.54, 1.807) is 36.8 Å². The van der Waals surface area contributed by atoms with Crippen molar-refractivity contribution in [3.05, 3.63) is 89.5 Å². The molecule has 4 N–H and O–H groups in total. The number of hydrogen-bond acceptors (Lipinski definition) is 2. The first kappa shape index (κ1) is 24.8. The maximum absolute atomic E-state index is 13.4. The summed E-state index contributed by atoms with van der Waals surface area (Å²) in [5.41, 5.74) is 8.54. The fraction of sp³-hybridized carbons (Fsp3) is 0.304. The Kier molecular flexibility index (Phi) is 9.42. The van der Waals surface area contributed by atoms with E-state index in [2.05, 4.69) is 27.2 Å². The lowest BCUT2D eigenvalue weighted by Crippen LogP contribution is -2.36. The summed E-state index contributed by atoms with van der Waals surface area (Å²) in [5, 5.41) is 3.15. The van der Waals surface area contributed by atoms with Crippen molar-refractivity contribution in [3.63, 3.8) is 0 Å². The van der Waals surface area contributed by atoms with E-state index in [0.29, 0.717) is 25.5 Å². The number of aryl methyl sites for hydroxylation is 1. The Morgan fingerprint density at radius 3 is 2.16 bits per heavy atom. The Balaban J connectivity index is 0.00000341. The minimum absolute atomic E-state index is 0. The monoisotopic (exact) mass is 539 g/mol. The molecule has 0 amide bonds. The lowest BCUT2D eigenvalue weighted by atomic mass is 9.74. The molecule has 0 atom stereocenters. The molecule has 0 aliphatic carbocycles. The van der Waals surface area contributed by atoms with Crippen LogP contribution in [-0.4, -0.2) is 29.0 Å². The first-order chi connectivity index (χ1) is 14.5. The summed E-state index contributed by atoms with van der Waals surface area (Å²) in [4.78, 5) is 11.4. The summed E-state index contributed by atoms with van der Waals surface area (Å²) in [5.74, 6) is -0.185. The number of imidazole rings is 1. The van der Waals surface area contributed by atoms with Gasteiger partial charge in [-0.25, -0.2) is 13.8 Å². The minimum Gasteiger partial charge on any atom is -0.370 e. The Morgan fingerprint density at radius 2 is 1.65 bits per heavy atom. The van der Waals surface area contributed by atoms with Gasteiger partial charge in [0.2, 0.25) is 0 Å². The van der Waals surface area contributed by atoms with Crippen LogP contribution >= 0.6 is 24.0 Å². The average molecular weight is 539 g/mol. The van der Waals surface area contributed by atoms with Gasteiger partial charge in [-0.2, -0.15) is 0 Å². The lowest BCUT2D eigenvalue weighted by Gasteiger charge is -2.31. The predicted molar refractivity (Wildman–Crippen MR) is 131 cm³/mol. The highest BCUT2D eigenvalue weighted by Crippen LogP contribution is 2.35. The second-order valence-electron chi connectivity index (χ2n) is 7.47. The maximum atomic E-state index is 13.4. The number of hydrogen-bond donors (Lipinski definition) is 3. The summed E-state index contributed by atoms with van der Waals surface area (Å²) in [6.07, 6.45) is 5.87. The van der Waals surface area contributed by atoms with Crippen LogP contribution in [0, 0.1) is 11.6 Å². The van der Waals surface area contributed by atoms with E-state index in [4.69, 9.17) is 5.73 Å². The molecule has 8 heteroatoms. The van der Waals surface area contributed by atoms with Gasteiger partial charge in [-0.15, -0.1) is 24.0 Å². The summed E-state index contributed by atoms with van der Waals surface area (Å²) >= 11 is 0. The molecule has 0 aliphatic rings. The molecule has 0 aliphatic heterocycles. The molecule has 1 aromatic heterocycles. The molecule has 5 nitrogen and oxygen atoms in total. The van der Waals surface area contributed by atoms with Gasteiger partial charge >= 0.3 is 0 Å². The summed E-state index contributed by atoms with van der Waals surface area (Å²) in [6.45, 7) is 3.25. The molecular formula is C23H28F2IN5. The van der Waals surface area contributed by atoms with E-state index in [9.17, 15) is 8.78 Å². The van der Waals surface area contributed by atoms with E-state index in [1.165, 1.54) is 24.3 Å². The van der Waals surface area contributed by atoms with Crippen LogP contribution in [0.3, 0.4) is 0 Å². The standard InChI is InChI=1S/C23H27F2N5.HI/c1-23(17-4-8-19(24)9-5-17,18-6-10-20(25)11-7-18)12-14-29-22(26)28-13-2-3-21-15-27-16-30-21;/h4-11,15-16H,2-3,12-14H2,1H3,(H,27,30)(H3,26,28,29);1H. The Morgan fingerprint density at radius 1 is 1.06 bits per heavy atom. The Bertz CT molecular complexity index is 896. The average Bonchev–Trinajstić information content (AvgIpc) is 3.25. The van der Waals surface area contributed by atoms with Gasteiger partial charge in [0.15, 0.2) is 5.96 Å². The highest BCUT2D eigenvalue weighted by molar-refractivity contribution is 14.0.